The van der Waals surface area contributed by atoms with E-state index < -0.39 is 15.3 Å². The Morgan fingerprint density at radius 1 is 1.36 bits per heavy atom. The van der Waals surface area contributed by atoms with Crippen molar-refractivity contribution in [3.63, 3.8) is 0 Å². The van der Waals surface area contributed by atoms with Crippen LogP contribution in [0.5, 0.6) is 0 Å². The summed E-state index contributed by atoms with van der Waals surface area (Å²) in [5, 5.41) is 10.7. The maximum Gasteiger partial charge on any atom is 0.242 e. The second kappa shape index (κ2) is 7.54. The Bertz CT molecular complexity index is 877. The van der Waals surface area contributed by atoms with E-state index in [-0.39, 0.29) is 10.8 Å². The smallest absolute Gasteiger partial charge is 0.242 e. The molecule has 10 heteroatoms. The third-order valence-corrected chi connectivity index (χ3v) is 6.53. The molecule has 2 aromatic rings. The minimum atomic E-state index is -3.56. The number of carbonyl (C=O) groups is 1. The number of aryl methyl sites for hydroxylation is 2. The van der Waals surface area contributed by atoms with Crippen molar-refractivity contribution >= 4 is 33.4 Å². The van der Waals surface area contributed by atoms with Crippen molar-refractivity contribution in [2.24, 2.45) is 7.05 Å². The number of carbonyl (C=O) groups excluding carboxylic acids is 1. The topological polar surface area (TPSA) is 97.2 Å². The van der Waals surface area contributed by atoms with Crippen LogP contribution in [-0.2, 0) is 21.9 Å². The molecule has 1 unspecified atom stereocenters. The van der Waals surface area contributed by atoms with Gasteiger partial charge in [0.05, 0.1) is 10.1 Å². The molecule has 1 aromatic carbocycles. The number of nitrogens with one attached hydrogen (secondary N) is 1. The molecule has 0 bridgehead atoms. The quantitative estimate of drug-likeness (QED) is 0.759. The summed E-state index contributed by atoms with van der Waals surface area (Å²) in [6, 6.07) is 4.67. The zero-order chi connectivity index (χ0) is 18.8. The molecule has 0 aliphatic rings. The van der Waals surface area contributed by atoms with Crippen molar-refractivity contribution in [2.45, 2.75) is 29.1 Å². The fourth-order valence-electron chi connectivity index (χ4n) is 1.93. The number of hydrogen-bond acceptors (Lipinski definition) is 6. The molecule has 0 radical (unpaired) electrons. The normalized spacial score (nSPS) is 13.0. The summed E-state index contributed by atoms with van der Waals surface area (Å²) < 4.78 is 27.4. The van der Waals surface area contributed by atoms with Gasteiger partial charge in [-0.25, -0.2) is 12.7 Å². The highest BCUT2D eigenvalue weighted by Gasteiger charge is 2.21. The lowest BCUT2D eigenvalue weighted by Crippen LogP contribution is -2.25. The minimum absolute atomic E-state index is 0.131. The molecule has 0 spiro atoms. The molecule has 8 nitrogen and oxygen atoms in total. The largest absolute Gasteiger partial charge is 0.325 e. The number of benzene rings is 1. The number of nitrogens with zero attached hydrogens (tertiary/aromatic N) is 4. The van der Waals surface area contributed by atoms with Gasteiger partial charge >= 0.3 is 0 Å². The van der Waals surface area contributed by atoms with Crippen molar-refractivity contribution in [1.29, 1.82) is 0 Å². The van der Waals surface area contributed by atoms with E-state index in [0.717, 1.165) is 9.87 Å². The summed E-state index contributed by atoms with van der Waals surface area (Å²) in [7, 11) is 1.17. The first-order valence-corrected chi connectivity index (χ1v) is 9.79. The Hall–Kier alpha value is -1.91. The molecule has 1 N–H and O–H groups in total. The third-order valence-electron chi connectivity index (χ3n) is 3.57. The Morgan fingerprint density at radius 3 is 2.60 bits per heavy atom. The number of rotatable bonds is 6. The lowest BCUT2D eigenvalue weighted by Gasteiger charge is -2.16. The predicted octanol–water partition coefficient (Wildman–Crippen LogP) is 1.49. The lowest BCUT2D eigenvalue weighted by molar-refractivity contribution is -0.115. The van der Waals surface area contributed by atoms with Crippen LogP contribution in [0.4, 0.5) is 5.69 Å². The Labute approximate surface area is 151 Å². The Balaban J connectivity index is 2.19. The van der Waals surface area contributed by atoms with Gasteiger partial charge in [-0.05, 0) is 31.5 Å². The molecule has 1 heterocycles. The van der Waals surface area contributed by atoms with Gasteiger partial charge in [0.25, 0.3) is 0 Å². The fraction of sp³-hybridized carbons (Fsp3) is 0.400. The summed E-state index contributed by atoms with van der Waals surface area (Å²) >= 11 is 1.28. The monoisotopic (exact) mass is 383 g/mol. The van der Waals surface area contributed by atoms with Crippen LogP contribution < -0.4 is 5.32 Å². The molecule has 1 atom stereocenters. The minimum Gasteiger partial charge on any atom is -0.325 e. The lowest BCUT2D eigenvalue weighted by atomic mass is 10.2. The highest BCUT2D eigenvalue weighted by Crippen LogP contribution is 2.25. The average Bonchev–Trinajstić information content (AvgIpc) is 2.94. The molecule has 1 aromatic heterocycles. The SMILES string of the molecule is Cc1ccc(S(=O)(=O)N(C)C)cc1NC(=O)C(C)Sc1nncn1C. The van der Waals surface area contributed by atoms with Gasteiger partial charge in [0.2, 0.25) is 15.9 Å². The zero-order valence-corrected chi connectivity index (χ0v) is 16.3. The summed E-state index contributed by atoms with van der Waals surface area (Å²) in [5.41, 5.74) is 1.25. The first-order chi connectivity index (χ1) is 11.6. The summed E-state index contributed by atoms with van der Waals surface area (Å²) in [4.78, 5) is 12.6. The fourth-order valence-corrected chi connectivity index (χ4v) is 3.65. The van der Waals surface area contributed by atoms with Crippen LogP contribution in [0, 0.1) is 6.92 Å². The Morgan fingerprint density at radius 2 is 2.04 bits per heavy atom. The first-order valence-electron chi connectivity index (χ1n) is 7.47. The van der Waals surface area contributed by atoms with Gasteiger partial charge in [-0.15, -0.1) is 10.2 Å². The molecule has 2 rings (SSSR count). The molecule has 25 heavy (non-hydrogen) atoms. The highest BCUT2D eigenvalue weighted by molar-refractivity contribution is 8.00. The number of anilines is 1. The first kappa shape index (κ1) is 19.4. The van der Waals surface area contributed by atoms with Crippen molar-refractivity contribution < 1.29 is 13.2 Å². The van der Waals surface area contributed by atoms with Gasteiger partial charge in [-0.2, -0.15) is 0 Å². The van der Waals surface area contributed by atoms with Crippen LogP contribution in [0.15, 0.2) is 34.6 Å². The van der Waals surface area contributed by atoms with Crippen LogP contribution in [0.2, 0.25) is 0 Å². The average molecular weight is 383 g/mol. The van der Waals surface area contributed by atoms with Crippen LogP contribution in [-0.4, -0.2) is 52.7 Å². The molecular formula is C15H21N5O3S2. The molecule has 0 aliphatic heterocycles. The number of sulfonamides is 1. The van der Waals surface area contributed by atoms with Crippen LogP contribution >= 0.6 is 11.8 Å². The summed E-state index contributed by atoms with van der Waals surface area (Å²) in [5.74, 6) is -0.240. The molecule has 0 fully saturated rings. The van der Waals surface area contributed by atoms with Crippen molar-refractivity contribution in [1.82, 2.24) is 19.1 Å². The number of amides is 1. The molecule has 0 saturated carbocycles. The predicted molar refractivity (Wildman–Crippen MR) is 97.0 cm³/mol. The second-order valence-electron chi connectivity index (χ2n) is 5.74. The van der Waals surface area contributed by atoms with Crippen LogP contribution in [0.1, 0.15) is 12.5 Å². The van der Waals surface area contributed by atoms with Gasteiger partial charge in [-0.1, -0.05) is 17.8 Å². The van der Waals surface area contributed by atoms with Crippen LogP contribution in [0.25, 0.3) is 0 Å². The Kier molecular flexibility index (Phi) is 5.86. The van der Waals surface area contributed by atoms with E-state index >= 15 is 0 Å². The van der Waals surface area contributed by atoms with Gasteiger partial charge < -0.3 is 9.88 Å². The standard InChI is InChI=1S/C15H21N5O3S2/c1-10-6-7-12(25(22,23)19(3)4)8-13(10)17-14(21)11(2)24-15-18-16-9-20(15)5/h6-9,11H,1-5H3,(H,17,21). The van der Waals surface area contributed by atoms with E-state index in [0.29, 0.717) is 10.8 Å². The van der Waals surface area contributed by atoms with E-state index in [9.17, 15) is 13.2 Å². The van der Waals surface area contributed by atoms with Gasteiger partial charge in [0.15, 0.2) is 5.16 Å². The molecule has 1 amide bonds. The van der Waals surface area contributed by atoms with Gasteiger partial charge in [0.1, 0.15) is 6.33 Å². The third kappa shape index (κ3) is 4.39. The number of hydrogen-bond donors (Lipinski definition) is 1. The maximum atomic E-state index is 12.4. The van der Waals surface area contributed by atoms with Crippen molar-refractivity contribution in [3.8, 4) is 0 Å². The second-order valence-corrected chi connectivity index (χ2v) is 9.20. The molecule has 0 saturated heterocycles. The summed E-state index contributed by atoms with van der Waals surface area (Å²) in [6.07, 6.45) is 1.56. The highest BCUT2D eigenvalue weighted by atomic mass is 32.2. The number of aromatic nitrogens is 3. The van der Waals surface area contributed by atoms with E-state index in [4.69, 9.17) is 0 Å². The van der Waals surface area contributed by atoms with Gasteiger partial charge in [0, 0.05) is 26.8 Å². The van der Waals surface area contributed by atoms with Crippen molar-refractivity contribution in [3.05, 3.63) is 30.1 Å². The molecule has 0 aliphatic carbocycles. The van der Waals surface area contributed by atoms with E-state index in [1.54, 1.807) is 30.9 Å². The number of thioether (sulfide) groups is 1. The zero-order valence-electron chi connectivity index (χ0n) is 14.7. The van der Waals surface area contributed by atoms with E-state index in [1.165, 1.54) is 38.0 Å². The van der Waals surface area contributed by atoms with E-state index in [2.05, 4.69) is 15.5 Å². The summed E-state index contributed by atoms with van der Waals surface area (Å²) in [6.45, 7) is 3.56. The maximum absolute atomic E-state index is 12.4. The van der Waals surface area contributed by atoms with Gasteiger partial charge in [-0.3, -0.25) is 4.79 Å². The molecular weight excluding hydrogens is 362 g/mol. The van der Waals surface area contributed by atoms with Crippen molar-refractivity contribution in [2.75, 3.05) is 19.4 Å². The van der Waals surface area contributed by atoms with E-state index in [1.807, 2.05) is 6.92 Å². The molecule has 136 valence electrons. The van der Waals surface area contributed by atoms with Crippen LogP contribution in [0.3, 0.4) is 0 Å².